The SMILES string of the molecule is N#CC#Cc1cc(N)cc(C(F)(F)F)c1. The van der Waals surface area contributed by atoms with Crippen LogP contribution in [0.5, 0.6) is 0 Å². The highest BCUT2D eigenvalue weighted by molar-refractivity contribution is 5.51. The van der Waals surface area contributed by atoms with E-state index in [1.807, 2.05) is 5.92 Å². The van der Waals surface area contributed by atoms with Crippen LogP contribution in [0.15, 0.2) is 18.2 Å². The van der Waals surface area contributed by atoms with Crippen molar-refractivity contribution in [2.75, 3.05) is 5.73 Å². The Bertz CT molecular complexity index is 472. The molecule has 0 unspecified atom stereocenters. The van der Waals surface area contributed by atoms with Crippen molar-refractivity contribution in [3.8, 4) is 17.9 Å². The Morgan fingerprint density at radius 2 is 1.87 bits per heavy atom. The fraction of sp³-hybridized carbons (Fsp3) is 0.100. The molecule has 0 aromatic heterocycles. The summed E-state index contributed by atoms with van der Waals surface area (Å²) in [5.41, 5.74) is 4.44. The van der Waals surface area contributed by atoms with Gasteiger partial charge in [0.2, 0.25) is 0 Å². The highest BCUT2D eigenvalue weighted by Gasteiger charge is 2.30. The number of anilines is 1. The molecule has 0 bridgehead atoms. The van der Waals surface area contributed by atoms with Gasteiger partial charge in [-0.05, 0) is 18.2 Å². The van der Waals surface area contributed by atoms with E-state index in [2.05, 4.69) is 5.92 Å². The van der Waals surface area contributed by atoms with Crippen molar-refractivity contribution < 1.29 is 13.2 Å². The Balaban J connectivity index is 3.24. The summed E-state index contributed by atoms with van der Waals surface area (Å²) in [6.07, 6.45) is -4.46. The summed E-state index contributed by atoms with van der Waals surface area (Å²) in [7, 11) is 0. The predicted molar refractivity (Wildman–Crippen MR) is 48.3 cm³/mol. The number of hydrogen-bond acceptors (Lipinski definition) is 2. The number of hydrogen-bond donors (Lipinski definition) is 1. The lowest BCUT2D eigenvalue weighted by Gasteiger charge is -2.07. The molecule has 0 saturated heterocycles. The van der Waals surface area contributed by atoms with Gasteiger partial charge in [0.25, 0.3) is 0 Å². The van der Waals surface area contributed by atoms with Gasteiger partial charge in [0, 0.05) is 17.2 Å². The van der Waals surface area contributed by atoms with E-state index in [1.54, 1.807) is 0 Å². The molecule has 76 valence electrons. The van der Waals surface area contributed by atoms with Gasteiger partial charge in [0.1, 0.15) is 0 Å². The smallest absolute Gasteiger partial charge is 0.399 e. The van der Waals surface area contributed by atoms with Crippen LogP contribution in [0, 0.1) is 23.2 Å². The van der Waals surface area contributed by atoms with Crippen LogP contribution in [0.25, 0.3) is 0 Å². The maximum atomic E-state index is 12.3. The van der Waals surface area contributed by atoms with E-state index in [0.717, 1.165) is 12.1 Å². The second kappa shape index (κ2) is 3.93. The number of halogens is 3. The van der Waals surface area contributed by atoms with Crippen LogP contribution in [0.3, 0.4) is 0 Å². The molecule has 0 fully saturated rings. The van der Waals surface area contributed by atoms with E-state index in [9.17, 15) is 13.2 Å². The predicted octanol–water partition coefficient (Wildman–Crippen LogP) is 2.16. The van der Waals surface area contributed by atoms with E-state index in [4.69, 9.17) is 11.0 Å². The summed E-state index contributed by atoms with van der Waals surface area (Å²) in [4.78, 5) is 0. The molecule has 0 amide bonds. The summed E-state index contributed by atoms with van der Waals surface area (Å²) in [5, 5.41) is 8.15. The molecule has 1 aromatic rings. The topological polar surface area (TPSA) is 49.8 Å². The summed E-state index contributed by atoms with van der Waals surface area (Å²) in [6, 6.07) is 4.45. The van der Waals surface area contributed by atoms with Crippen molar-refractivity contribution in [1.82, 2.24) is 0 Å². The summed E-state index contributed by atoms with van der Waals surface area (Å²) in [6.45, 7) is 0. The maximum Gasteiger partial charge on any atom is 0.416 e. The number of alkyl halides is 3. The van der Waals surface area contributed by atoms with Gasteiger partial charge >= 0.3 is 6.18 Å². The number of benzene rings is 1. The third kappa shape index (κ3) is 2.92. The average molecular weight is 210 g/mol. The molecule has 2 nitrogen and oxygen atoms in total. The molecule has 0 saturated carbocycles. The quantitative estimate of drug-likeness (QED) is 0.527. The number of nitrogen functional groups attached to an aromatic ring is 1. The van der Waals surface area contributed by atoms with E-state index >= 15 is 0 Å². The standard InChI is InChI=1S/C10H5F3N2/c11-10(12,13)8-4-7(2-1-3-14)5-9(15)6-8/h4-6H,15H2. The third-order valence-electron chi connectivity index (χ3n) is 1.55. The maximum absolute atomic E-state index is 12.3. The molecule has 1 rings (SSSR count). The third-order valence-corrected chi connectivity index (χ3v) is 1.55. The average Bonchev–Trinajstić information content (AvgIpc) is 2.12. The Morgan fingerprint density at radius 1 is 1.20 bits per heavy atom. The first-order valence-corrected chi connectivity index (χ1v) is 3.81. The second-order valence-corrected chi connectivity index (χ2v) is 2.70. The first kappa shape index (κ1) is 10.9. The summed E-state index contributed by atoms with van der Waals surface area (Å²) < 4.78 is 36.9. The zero-order valence-corrected chi connectivity index (χ0v) is 7.39. The monoisotopic (exact) mass is 210 g/mol. The van der Waals surface area contributed by atoms with Gasteiger partial charge in [-0.1, -0.05) is 5.92 Å². The first-order valence-electron chi connectivity index (χ1n) is 3.81. The van der Waals surface area contributed by atoms with Crippen molar-refractivity contribution in [2.24, 2.45) is 0 Å². The lowest BCUT2D eigenvalue weighted by Crippen LogP contribution is -2.06. The van der Waals surface area contributed by atoms with Gasteiger partial charge in [-0.3, -0.25) is 0 Å². The van der Waals surface area contributed by atoms with Crippen molar-refractivity contribution >= 4 is 5.69 Å². The van der Waals surface area contributed by atoms with Gasteiger partial charge < -0.3 is 5.73 Å². The number of rotatable bonds is 0. The van der Waals surface area contributed by atoms with Gasteiger partial charge in [0.15, 0.2) is 6.07 Å². The molecule has 0 radical (unpaired) electrons. The molecule has 5 heteroatoms. The second-order valence-electron chi connectivity index (χ2n) is 2.70. The van der Waals surface area contributed by atoms with Crippen molar-refractivity contribution in [3.63, 3.8) is 0 Å². The van der Waals surface area contributed by atoms with Crippen LogP contribution in [-0.2, 0) is 6.18 Å². The Hall–Kier alpha value is -2.14. The van der Waals surface area contributed by atoms with Gasteiger partial charge in [0.05, 0.1) is 5.56 Å². The van der Waals surface area contributed by atoms with E-state index in [-0.39, 0.29) is 11.3 Å². The number of nitriles is 1. The lowest BCUT2D eigenvalue weighted by molar-refractivity contribution is -0.137. The molecule has 1 aromatic carbocycles. The Kier molecular flexibility index (Phi) is 2.87. The molecule has 2 N–H and O–H groups in total. The van der Waals surface area contributed by atoms with Gasteiger partial charge in [-0.2, -0.15) is 18.4 Å². The molecular weight excluding hydrogens is 205 g/mol. The largest absolute Gasteiger partial charge is 0.416 e. The van der Waals surface area contributed by atoms with Crippen molar-refractivity contribution in [3.05, 3.63) is 29.3 Å². The highest BCUT2D eigenvalue weighted by atomic mass is 19.4. The Labute approximate surface area is 84.1 Å². The van der Waals surface area contributed by atoms with E-state index < -0.39 is 11.7 Å². The normalized spacial score (nSPS) is 10.0. The fourth-order valence-electron chi connectivity index (χ4n) is 0.988. The van der Waals surface area contributed by atoms with Crippen LogP contribution in [-0.4, -0.2) is 0 Å². The van der Waals surface area contributed by atoms with Gasteiger partial charge in [-0.15, -0.1) is 0 Å². The van der Waals surface area contributed by atoms with Crippen molar-refractivity contribution in [1.29, 1.82) is 5.26 Å². The van der Waals surface area contributed by atoms with Crippen LogP contribution in [0.4, 0.5) is 18.9 Å². The zero-order valence-electron chi connectivity index (χ0n) is 7.39. The fourth-order valence-corrected chi connectivity index (χ4v) is 0.988. The minimum Gasteiger partial charge on any atom is -0.399 e. The molecule has 0 aliphatic heterocycles. The zero-order chi connectivity index (χ0) is 11.5. The summed E-state index contributed by atoms with van der Waals surface area (Å²) >= 11 is 0. The number of nitrogens with two attached hydrogens (primary N) is 1. The lowest BCUT2D eigenvalue weighted by atomic mass is 10.1. The minimum atomic E-state index is -4.46. The van der Waals surface area contributed by atoms with Crippen molar-refractivity contribution in [2.45, 2.75) is 6.18 Å². The molecule has 0 spiro atoms. The van der Waals surface area contributed by atoms with E-state index in [0.29, 0.717) is 0 Å². The molecule has 0 aliphatic rings. The molecule has 0 aliphatic carbocycles. The van der Waals surface area contributed by atoms with Crippen LogP contribution < -0.4 is 5.73 Å². The Morgan fingerprint density at radius 3 is 2.40 bits per heavy atom. The van der Waals surface area contributed by atoms with Crippen LogP contribution in [0.1, 0.15) is 11.1 Å². The first-order chi connectivity index (χ1) is 6.93. The van der Waals surface area contributed by atoms with Gasteiger partial charge in [-0.25, -0.2) is 0 Å². The molecule has 0 heterocycles. The summed E-state index contributed by atoms with van der Waals surface area (Å²) in [5.74, 6) is 4.26. The minimum absolute atomic E-state index is 0.0351. The van der Waals surface area contributed by atoms with Crippen LogP contribution in [0.2, 0.25) is 0 Å². The molecule has 15 heavy (non-hydrogen) atoms. The molecule has 0 atom stereocenters. The van der Waals surface area contributed by atoms with E-state index in [1.165, 1.54) is 12.1 Å². The highest BCUT2D eigenvalue weighted by Crippen LogP contribution is 2.31. The van der Waals surface area contributed by atoms with Crippen LogP contribution >= 0.6 is 0 Å². The number of nitrogens with zero attached hydrogens (tertiary/aromatic N) is 1. The molecular formula is C10H5F3N2.